The Morgan fingerprint density at radius 2 is 1.57 bits per heavy atom. The first-order valence-electron chi connectivity index (χ1n) is 9.64. The Labute approximate surface area is 165 Å². The summed E-state index contributed by atoms with van der Waals surface area (Å²) in [6.07, 6.45) is 1.72. The summed E-state index contributed by atoms with van der Waals surface area (Å²) in [5.41, 5.74) is 2.04. The molecule has 1 saturated heterocycles. The van der Waals surface area contributed by atoms with Crippen LogP contribution >= 0.6 is 0 Å². The van der Waals surface area contributed by atoms with Crippen LogP contribution in [0.15, 0.2) is 78.9 Å². The zero-order valence-corrected chi connectivity index (χ0v) is 15.7. The van der Waals surface area contributed by atoms with E-state index in [1.165, 1.54) is 12.1 Å². The monoisotopic (exact) mass is 377 g/mol. The molecule has 0 spiro atoms. The minimum atomic E-state index is -0.211. The number of benzene rings is 3. The lowest BCUT2D eigenvalue weighted by Gasteiger charge is -2.39. The summed E-state index contributed by atoms with van der Waals surface area (Å²) in [5, 5.41) is 3.72. The molecule has 0 atom stereocenters. The molecule has 4 heteroatoms. The summed E-state index contributed by atoms with van der Waals surface area (Å²) >= 11 is 0. The van der Waals surface area contributed by atoms with Crippen LogP contribution in [0.1, 0.15) is 24.0 Å². The van der Waals surface area contributed by atoms with Crippen molar-refractivity contribution in [3.8, 4) is 11.5 Å². The third-order valence-electron chi connectivity index (χ3n) is 5.25. The van der Waals surface area contributed by atoms with Crippen molar-refractivity contribution in [3.05, 3.63) is 95.8 Å². The second-order valence-electron chi connectivity index (χ2n) is 7.12. The minimum absolute atomic E-state index is 0.206. The molecule has 28 heavy (non-hydrogen) atoms. The van der Waals surface area contributed by atoms with Crippen LogP contribution in [-0.4, -0.2) is 13.2 Å². The Morgan fingerprint density at radius 3 is 2.32 bits per heavy atom. The molecule has 1 aliphatic rings. The van der Waals surface area contributed by atoms with Crippen LogP contribution in [0.3, 0.4) is 0 Å². The first-order valence-corrected chi connectivity index (χ1v) is 9.64. The molecule has 0 bridgehead atoms. The molecule has 1 heterocycles. The Kier molecular flexibility index (Phi) is 5.70. The van der Waals surface area contributed by atoms with Crippen LogP contribution in [0.4, 0.5) is 4.39 Å². The Hall–Kier alpha value is -2.69. The molecule has 0 amide bonds. The van der Waals surface area contributed by atoms with Gasteiger partial charge in [-0.3, -0.25) is 0 Å². The third-order valence-corrected chi connectivity index (χ3v) is 5.25. The molecule has 1 N–H and O–H groups in total. The lowest BCUT2D eigenvalue weighted by Crippen LogP contribution is -2.46. The van der Waals surface area contributed by atoms with Crippen molar-refractivity contribution in [1.82, 2.24) is 5.32 Å². The van der Waals surface area contributed by atoms with E-state index in [2.05, 4.69) is 17.4 Å². The summed E-state index contributed by atoms with van der Waals surface area (Å²) < 4.78 is 24.9. The Balaban J connectivity index is 1.50. The molecule has 1 fully saturated rings. The third kappa shape index (κ3) is 4.41. The second kappa shape index (κ2) is 8.55. The summed E-state index contributed by atoms with van der Waals surface area (Å²) in [6, 6.07) is 24.7. The highest BCUT2D eigenvalue weighted by Crippen LogP contribution is 2.33. The predicted molar refractivity (Wildman–Crippen MR) is 108 cm³/mol. The van der Waals surface area contributed by atoms with Crippen LogP contribution in [0, 0.1) is 5.82 Å². The summed E-state index contributed by atoms with van der Waals surface area (Å²) in [4.78, 5) is 0. The number of nitrogens with one attached hydrogen (secondary N) is 1. The molecular formula is C24H24FNO2. The van der Waals surface area contributed by atoms with Gasteiger partial charge in [0.1, 0.15) is 17.3 Å². The lowest BCUT2D eigenvalue weighted by atomic mass is 9.82. The molecule has 144 valence electrons. The van der Waals surface area contributed by atoms with Gasteiger partial charge in [-0.2, -0.15) is 0 Å². The number of rotatable bonds is 6. The Morgan fingerprint density at radius 1 is 0.857 bits per heavy atom. The van der Waals surface area contributed by atoms with E-state index in [1.54, 1.807) is 0 Å². The smallest absolute Gasteiger partial charge is 0.127 e. The number of hydrogen-bond donors (Lipinski definition) is 1. The first kappa shape index (κ1) is 18.7. The van der Waals surface area contributed by atoms with E-state index in [0.29, 0.717) is 19.8 Å². The van der Waals surface area contributed by atoms with Crippen molar-refractivity contribution >= 4 is 0 Å². The van der Waals surface area contributed by atoms with Crippen LogP contribution in [-0.2, 0) is 16.8 Å². The van der Waals surface area contributed by atoms with Gasteiger partial charge in [0.05, 0.1) is 0 Å². The van der Waals surface area contributed by atoms with Gasteiger partial charge in [0, 0.05) is 25.3 Å². The lowest BCUT2D eigenvalue weighted by molar-refractivity contribution is 0.0357. The fourth-order valence-electron chi connectivity index (χ4n) is 3.67. The zero-order chi connectivity index (χ0) is 19.2. The van der Waals surface area contributed by atoms with Crippen molar-refractivity contribution in [3.63, 3.8) is 0 Å². The highest BCUT2D eigenvalue weighted by atomic mass is 19.1. The molecule has 3 aromatic carbocycles. The maximum atomic E-state index is 13.4. The quantitative estimate of drug-likeness (QED) is 0.623. The molecule has 0 saturated carbocycles. The average molecular weight is 377 g/mol. The van der Waals surface area contributed by atoms with E-state index in [0.717, 1.165) is 35.5 Å². The van der Waals surface area contributed by atoms with Crippen molar-refractivity contribution in [2.45, 2.75) is 24.9 Å². The number of halogens is 1. The molecule has 0 aromatic heterocycles. The van der Waals surface area contributed by atoms with Gasteiger partial charge >= 0.3 is 0 Å². The van der Waals surface area contributed by atoms with E-state index >= 15 is 0 Å². The minimum Gasteiger partial charge on any atom is -0.457 e. The van der Waals surface area contributed by atoms with Crippen molar-refractivity contribution < 1.29 is 13.9 Å². The highest BCUT2D eigenvalue weighted by molar-refractivity contribution is 5.34. The molecule has 1 aliphatic heterocycles. The van der Waals surface area contributed by atoms with Gasteiger partial charge in [-0.1, -0.05) is 42.5 Å². The largest absolute Gasteiger partial charge is 0.457 e. The number of para-hydroxylation sites is 1. The van der Waals surface area contributed by atoms with Crippen LogP contribution in [0.5, 0.6) is 11.5 Å². The van der Waals surface area contributed by atoms with E-state index in [4.69, 9.17) is 9.47 Å². The summed E-state index contributed by atoms with van der Waals surface area (Å²) in [7, 11) is 0. The molecule has 3 aromatic rings. The van der Waals surface area contributed by atoms with E-state index < -0.39 is 0 Å². The molecule has 0 aliphatic carbocycles. The molecule has 0 unspecified atom stereocenters. The van der Waals surface area contributed by atoms with Crippen LogP contribution < -0.4 is 10.1 Å². The molecule has 3 nitrogen and oxygen atoms in total. The fraction of sp³-hybridized carbons (Fsp3) is 0.250. The normalized spacial score (nSPS) is 15.9. The maximum Gasteiger partial charge on any atom is 0.127 e. The van der Waals surface area contributed by atoms with E-state index in [1.807, 2.05) is 54.6 Å². The van der Waals surface area contributed by atoms with Crippen LogP contribution in [0.25, 0.3) is 0 Å². The van der Waals surface area contributed by atoms with Gasteiger partial charge in [-0.25, -0.2) is 4.39 Å². The maximum absolute atomic E-state index is 13.4. The number of hydrogen-bond acceptors (Lipinski definition) is 3. The van der Waals surface area contributed by atoms with Crippen molar-refractivity contribution in [2.24, 2.45) is 0 Å². The fourth-order valence-corrected chi connectivity index (χ4v) is 3.67. The van der Waals surface area contributed by atoms with Gasteiger partial charge in [0.2, 0.25) is 0 Å². The molecular weight excluding hydrogens is 353 g/mol. The van der Waals surface area contributed by atoms with E-state index in [-0.39, 0.29) is 11.4 Å². The first-order chi connectivity index (χ1) is 13.7. The predicted octanol–water partition coefficient (Wildman–Crippen LogP) is 5.41. The van der Waals surface area contributed by atoms with Crippen LogP contribution in [0.2, 0.25) is 0 Å². The average Bonchev–Trinajstić information content (AvgIpc) is 2.74. The highest BCUT2D eigenvalue weighted by Gasteiger charge is 2.33. The second-order valence-corrected chi connectivity index (χ2v) is 7.12. The van der Waals surface area contributed by atoms with Gasteiger partial charge < -0.3 is 14.8 Å². The topological polar surface area (TPSA) is 30.5 Å². The van der Waals surface area contributed by atoms with Gasteiger partial charge in [0.15, 0.2) is 0 Å². The number of ether oxygens (including phenoxy) is 2. The molecule has 4 rings (SSSR count). The summed E-state index contributed by atoms with van der Waals surface area (Å²) in [6.45, 7) is 2.09. The van der Waals surface area contributed by atoms with E-state index in [9.17, 15) is 4.39 Å². The summed E-state index contributed by atoms with van der Waals surface area (Å²) in [5.74, 6) is 1.42. The molecule has 0 radical (unpaired) electrons. The van der Waals surface area contributed by atoms with Gasteiger partial charge in [-0.05, 0) is 60.4 Å². The zero-order valence-electron chi connectivity index (χ0n) is 15.7. The SMILES string of the molecule is Fc1ccc(C2(NCc3cccc(Oc4ccccc4)c3)CCOCC2)cc1. The van der Waals surface area contributed by atoms with Crippen molar-refractivity contribution in [2.75, 3.05) is 13.2 Å². The van der Waals surface area contributed by atoms with Crippen molar-refractivity contribution in [1.29, 1.82) is 0 Å². The van der Waals surface area contributed by atoms with Gasteiger partial charge in [0.25, 0.3) is 0 Å². The standard InChI is InChI=1S/C24H24FNO2/c25-21-11-9-20(10-12-21)24(13-15-27-16-14-24)26-18-19-5-4-8-23(17-19)28-22-6-2-1-3-7-22/h1-12,17,26H,13-16,18H2. The van der Waals surface area contributed by atoms with Gasteiger partial charge in [-0.15, -0.1) is 0 Å². The Bertz CT molecular complexity index is 890.